The van der Waals surface area contributed by atoms with Crippen molar-refractivity contribution in [3.05, 3.63) is 44.4 Å². The van der Waals surface area contributed by atoms with E-state index in [0.29, 0.717) is 21.6 Å². The van der Waals surface area contributed by atoms with E-state index >= 15 is 0 Å². The Kier molecular flexibility index (Phi) is 6.24. The average Bonchev–Trinajstić information content (AvgIpc) is 2.80. The van der Waals surface area contributed by atoms with E-state index in [0.717, 1.165) is 35.4 Å². The molecule has 0 aliphatic carbocycles. The Morgan fingerprint density at radius 3 is 2.77 bits per heavy atom. The van der Waals surface area contributed by atoms with Gasteiger partial charge >= 0.3 is 0 Å². The summed E-state index contributed by atoms with van der Waals surface area (Å²) in [5.74, 6) is 0.0247. The van der Waals surface area contributed by atoms with Crippen LogP contribution >= 0.6 is 34.5 Å². The first-order valence-electron chi connectivity index (χ1n) is 7.19. The lowest BCUT2D eigenvalue weighted by atomic mass is 10.1. The van der Waals surface area contributed by atoms with Crippen molar-refractivity contribution < 1.29 is 4.79 Å². The molecule has 0 aliphatic rings. The van der Waals surface area contributed by atoms with Crippen molar-refractivity contribution in [2.75, 3.05) is 5.32 Å². The molecule has 1 heterocycles. The quantitative estimate of drug-likeness (QED) is 0.744. The largest absolute Gasteiger partial charge is 0.302 e. The second-order valence-electron chi connectivity index (χ2n) is 5.10. The van der Waals surface area contributed by atoms with Crippen LogP contribution in [-0.4, -0.2) is 10.9 Å². The van der Waals surface area contributed by atoms with Crippen molar-refractivity contribution >= 4 is 45.6 Å². The van der Waals surface area contributed by atoms with Crippen molar-refractivity contribution in [2.24, 2.45) is 0 Å². The number of hydrogen-bond acceptors (Lipinski definition) is 3. The van der Waals surface area contributed by atoms with Gasteiger partial charge in [-0.25, -0.2) is 4.98 Å². The number of hydrogen-bond donors (Lipinski definition) is 1. The van der Waals surface area contributed by atoms with E-state index in [1.807, 2.05) is 19.1 Å². The molecular weight excluding hydrogens is 339 g/mol. The Bertz CT molecular complexity index is 670. The number of benzene rings is 1. The zero-order chi connectivity index (χ0) is 16.1. The van der Waals surface area contributed by atoms with Crippen molar-refractivity contribution in [3.8, 4) is 0 Å². The molecule has 1 aromatic heterocycles. The Hall–Kier alpha value is -1.10. The van der Waals surface area contributed by atoms with Gasteiger partial charge in [-0.3, -0.25) is 4.79 Å². The maximum Gasteiger partial charge on any atom is 0.226 e. The molecule has 0 saturated heterocycles. The lowest BCUT2D eigenvalue weighted by Gasteiger charge is -2.02. The van der Waals surface area contributed by atoms with Gasteiger partial charge < -0.3 is 5.32 Å². The summed E-state index contributed by atoms with van der Waals surface area (Å²) in [6, 6.07) is 5.61. The van der Waals surface area contributed by atoms with Gasteiger partial charge in [0.25, 0.3) is 0 Å². The number of aromatic nitrogens is 1. The third kappa shape index (κ3) is 4.70. The summed E-state index contributed by atoms with van der Waals surface area (Å²) in [5.41, 5.74) is 2.01. The number of anilines is 1. The molecule has 6 heteroatoms. The number of nitrogens with one attached hydrogen (secondary N) is 1. The molecule has 0 bridgehead atoms. The van der Waals surface area contributed by atoms with Gasteiger partial charge in [-0.1, -0.05) is 42.6 Å². The van der Waals surface area contributed by atoms with Crippen LogP contribution in [0.2, 0.25) is 10.0 Å². The molecule has 118 valence electrons. The monoisotopic (exact) mass is 356 g/mol. The maximum atomic E-state index is 11.8. The molecule has 1 amide bonds. The van der Waals surface area contributed by atoms with Crippen LogP contribution in [0, 0.1) is 6.92 Å². The Morgan fingerprint density at radius 2 is 2.09 bits per heavy atom. The van der Waals surface area contributed by atoms with Gasteiger partial charge in [0.1, 0.15) is 0 Å². The van der Waals surface area contributed by atoms with E-state index in [2.05, 4.69) is 17.2 Å². The summed E-state index contributed by atoms with van der Waals surface area (Å²) < 4.78 is 0. The number of thiazole rings is 1. The molecule has 22 heavy (non-hydrogen) atoms. The molecule has 3 nitrogen and oxygen atoms in total. The van der Waals surface area contributed by atoms with E-state index in [1.54, 1.807) is 6.07 Å². The van der Waals surface area contributed by atoms with Crippen molar-refractivity contribution in [1.29, 1.82) is 0 Å². The standard InChI is InChI=1S/C16H18Cl2N2OS/c1-3-4-5-15(21)20-16-19-10(2)14(22-16)9-11-6-7-12(17)13(18)8-11/h6-8H,3-5,9H2,1-2H3,(H,19,20,21). The predicted octanol–water partition coefficient (Wildman–Crippen LogP) is 5.48. The lowest BCUT2D eigenvalue weighted by molar-refractivity contribution is -0.116. The van der Waals surface area contributed by atoms with Crippen LogP contribution in [0.15, 0.2) is 18.2 Å². The van der Waals surface area contributed by atoms with Crippen LogP contribution in [0.5, 0.6) is 0 Å². The molecule has 1 aromatic carbocycles. The summed E-state index contributed by atoms with van der Waals surface area (Å²) in [6.07, 6.45) is 3.17. The van der Waals surface area contributed by atoms with Crippen LogP contribution in [-0.2, 0) is 11.2 Å². The molecule has 0 spiro atoms. The number of unbranched alkanes of at least 4 members (excludes halogenated alkanes) is 1. The van der Waals surface area contributed by atoms with E-state index in [9.17, 15) is 4.79 Å². The van der Waals surface area contributed by atoms with Crippen molar-refractivity contribution in [1.82, 2.24) is 4.98 Å². The number of nitrogens with zero attached hydrogens (tertiary/aromatic N) is 1. The van der Waals surface area contributed by atoms with Gasteiger partial charge in [0.05, 0.1) is 15.7 Å². The van der Waals surface area contributed by atoms with E-state index < -0.39 is 0 Å². The van der Waals surface area contributed by atoms with Gasteiger partial charge in [-0.2, -0.15) is 0 Å². The Labute approximate surface area is 144 Å². The molecule has 0 fully saturated rings. The highest BCUT2D eigenvalue weighted by atomic mass is 35.5. The fourth-order valence-corrected chi connectivity index (χ4v) is 3.33. The fourth-order valence-electron chi connectivity index (χ4n) is 2.00. The normalized spacial score (nSPS) is 10.7. The summed E-state index contributed by atoms with van der Waals surface area (Å²) in [7, 11) is 0. The number of amides is 1. The van der Waals surface area contributed by atoms with Gasteiger partial charge in [0, 0.05) is 17.7 Å². The summed E-state index contributed by atoms with van der Waals surface area (Å²) in [4.78, 5) is 17.3. The number of carbonyl (C=O) groups excluding carboxylic acids is 1. The highest BCUT2D eigenvalue weighted by Crippen LogP contribution is 2.28. The zero-order valence-electron chi connectivity index (χ0n) is 12.6. The van der Waals surface area contributed by atoms with Crippen molar-refractivity contribution in [3.63, 3.8) is 0 Å². The second kappa shape index (κ2) is 7.95. The minimum absolute atomic E-state index is 0.0247. The molecule has 0 radical (unpaired) electrons. The molecular formula is C16H18Cl2N2OS. The van der Waals surface area contributed by atoms with Gasteiger partial charge in [-0.15, -0.1) is 11.3 Å². The smallest absolute Gasteiger partial charge is 0.226 e. The molecule has 2 rings (SSSR count). The van der Waals surface area contributed by atoms with E-state index in [-0.39, 0.29) is 5.91 Å². The number of halogens is 2. The highest BCUT2D eigenvalue weighted by Gasteiger charge is 2.11. The summed E-state index contributed by atoms with van der Waals surface area (Å²) >= 11 is 13.5. The lowest BCUT2D eigenvalue weighted by Crippen LogP contribution is -2.10. The average molecular weight is 357 g/mol. The third-order valence-corrected chi connectivity index (χ3v) is 5.06. The summed E-state index contributed by atoms with van der Waals surface area (Å²) in [6.45, 7) is 4.02. The Morgan fingerprint density at radius 1 is 1.32 bits per heavy atom. The topological polar surface area (TPSA) is 42.0 Å². The SMILES string of the molecule is CCCCC(=O)Nc1nc(C)c(Cc2ccc(Cl)c(Cl)c2)s1. The second-order valence-corrected chi connectivity index (χ2v) is 7.00. The van der Waals surface area contributed by atoms with Gasteiger partial charge in [0.15, 0.2) is 5.13 Å². The first kappa shape index (κ1) is 17.3. The molecule has 0 unspecified atom stereocenters. The summed E-state index contributed by atoms with van der Waals surface area (Å²) in [5, 5.41) is 4.63. The van der Waals surface area contributed by atoms with Crippen LogP contribution in [0.4, 0.5) is 5.13 Å². The minimum atomic E-state index is 0.0247. The van der Waals surface area contributed by atoms with Gasteiger partial charge in [-0.05, 0) is 31.0 Å². The molecule has 0 saturated carbocycles. The molecule has 2 aromatic rings. The van der Waals surface area contributed by atoms with Crippen LogP contribution < -0.4 is 5.32 Å². The first-order valence-corrected chi connectivity index (χ1v) is 8.77. The van der Waals surface area contributed by atoms with Crippen LogP contribution in [0.25, 0.3) is 0 Å². The zero-order valence-corrected chi connectivity index (χ0v) is 14.9. The molecule has 1 N–H and O–H groups in total. The number of rotatable bonds is 6. The third-order valence-electron chi connectivity index (χ3n) is 3.25. The number of carbonyl (C=O) groups is 1. The number of aryl methyl sites for hydroxylation is 1. The van der Waals surface area contributed by atoms with Crippen molar-refractivity contribution in [2.45, 2.75) is 39.5 Å². The van der Waals surface area contributed by atoms with E-state index in [4.69, 9.17) is 23.2 Å². The van der Waals surface area contributed by atoms with Crippen LogP contribution in [0.3, 0.4) is 0 Å². The van der Waals surface area contributed by atoms with E-state index in [1.165, 1.54) is 11.3 Å². The van der Waals surface area contributed by atoms with Gasteiger partial charge in [0.2, 0.25) is 5.91 Å². The predicted molar refractivity (Wildman–Crippen MR) is 94.3 cm³/mol. The maximum absolute atomic E-state index is 11.8. The highest BCUT2D eigenvalue weighted by molar-refractivity contribution is 7.15. The first-order chi connectivity index (χ1) is 10.5. The molecule has 0 atom stereocenters. The fraction of sp³-hybridized carbons (Fsp3) is 0.375. The van der Waals surface area contributed by atoms with Crippen LogP contribution in [0.1, 0.15) is 42.3 Å². The minimum Gasteiger partial charge on any atom is -0.302 e. The Balaban J connectivity index is 2.06. The molecule has 0 aliphatic heterocycles.